The maximum atomic E-state index is 11.8. The first-order chi connectivity index (χ1) is 9.67. The molecule has 4 heteroatoms. The summed E-state index contributed by atoms with van der Waals surface area (Å²) in [5, 5.41) is 8.32. The van der Waals surface area contributed by atoms with Gasteiger partial charge in [0.25, 0.3) is 5.91 Å². The number of carbonyl (C=O) groups excluding carboxylic acids is 1. The Hall–Kier alpha value is -1.81. The third-order valence-corrected chi connectivity index (χ3v) is 4.42. The van der Waals surface area contributed by atoms with E-state index in [-0.39, 0.29) is 11.9 Å². The van der Waals surface area contributed by atoms with E-state index < -0.39 is 0 Å². The first kappa shape index (κ1) is 14.6. The Morgan fingerprint density at radius 1 is 1.30 bits per heavy atom. The van der Waals surface area contributed by atoms with E-state index >= 15 is 0 Å². The Kier molecular flexibility index (Phi) is 4.79. The van der Waals surface area contributed by atoms with Gasteiger partial charge >= 0.3 is 0 Å². The molecular weight excluding hydrogens is 268 g/mol. The van der Waals surface area contributed by atoms with Gasteiger partial charge in [-0.1, -0.05) is 19.1 Å². The minimum atomic E-state index is -0.0460. The minimum absolute atomic E-state index is 0.0460. The first-order valence-corrected chi connectivity index (χ1v) is 7.67. The molecule has 0 aliphatic carbocycles. The molecule has 1 unspecified atom stereocenters. The van der Waals surface area contributed by atoms with Gasteiger partial charge in [0.2, 0.25) is 0 Å². The Morgan fingerprint density at radius 2 is 2.10 bits per heavy atom. The van der Waals surface area contributed by atoms with Crippen molar-refractivity contribution in [2.24, 2.45) is 0 Å². The molecule has 1 aromatic heterocycles. The van der Waals surface area contributed by atoms with Crippen molar-refractivity contribution in [3.8, 4) is 0 Å². The van der Waals surface area contributed by atoms with Crippen molar-refractivity contribution in [3.05, 3.63) is 51.7 Å². The summed E-state index contributed by atoms with van der Waals surface area (Å²) in [7, 11) is 1.66. The van der Waals surface area contributed by atoms with E-state index in [2.05, 4.69) is 35.1 Å². The first-order valence-electron chi connectivity index (χ1n) is 6.79. The largest absolute Gasteiger partial charge is 0.377 e. The Bertz CT molecular complexity index is 578. The van der Waals surface area contributed by atoms with Gasteiger partial charge in [0.1, 0.15) is 0 Å². The second kappa shape index (κ2) is 6.57. The molecule has 2 aromatic rings. The van der Waals surface area contributed by atoms with Crippen LogP contribution in [0.5, 0.6) is 0 Å². The molecule has 2 N–H and O–H groups in total. The molecule has 1 amide bonds. The van der Waals surface area contributed by atoms with Crippen LogP contribution in [0.1, 0.15) is 40.2 Å². The highest BCUT2D eigenvalue weighted by Crippen LogP contribution is 2.28. The maximum absolute atomic E-state index is 11.8. The van der Waals surface area contributed by atoms with Crippen LogP contribution in [0.25, 0.3) is 0 Å². The van der Waals surface area contributed by atoms with Gasteiger partial charge in [-0.05, 0) is 42.5 Å². The lowest BCUT2D eigenvalue weighted by atomic mass is 10.0. The van der Waals surface area contributed by atoms with Gasteiger partial charge in [-0.25, -0.2) is 0 Å². The third kappa shape index (κ3) is 3.02. The molecule has 0 aliphatic rings. The standard InChI is InChI=1S/C16H20N2OS/c1-4-13(15-9-6-10-20-15)18-14-8-5-7-12(11(14)2)16(19)17-3/h5-10,13,18H,4H2,1-3H3,(H,17,19). The lowest BCUT2D eigenvalue weighted by molar-refractivity contribution is 0.0962. The normalized spacial score (nSPS) is 11.9. The summed E-state index contributed by atoms with van der Waals surface area (Å²) in [6, 6.07) is 10.3. The predicted octanol–water partition coefficient (Wildman–Crippen LogP) is 3.98. The third-order valence-electron chi connectivity index (χ3n) is 3.43. The van der Waals surface area contributed by atoms with Crippen LogP contribution in [0.3, 0.4) is 0 Å². The van der Waals surface area contributed by atoms with E-state index in [0.717, 1.165) is 23.2 Å². The van der Waals surface area contributed by atoms with Crippen LogP contribution >= 0.6 is 11.3 Å². The smallest absolute Gasteiger partial charge is 0.251 e. The summed E-state index contributed by atoms with van der Waals surface area (Å²) in [6.45, 7) is 4.14. The number of rotatable bonds is 5. The molecule has 0 spiro atoms. The quantitative estimate of drug-likeness (QED) is 0.873. The number of amides is 1. The van der Waals surface area contributed by atoms with E-state index in [0.29, 0.717) is 0 Å². The molecular formula is C16H20N2OS. The van der Waals surface area contributed by atoms with E-state index in [1.165, 1.54) is 4.88 Å². The van der Waals surface area contributed by atoms with Crippen molar-refractivity contribution in [2.45, 2.75) is 26.3 Å². The number of benzene rings is 1. The summed E-state index contributed by atoms with van der Waals surface area (Å²) in [5.41, 5.74) is 2.73. The lowest BCUT2D eigenvalue weighted by Crippen LogP contribution is -2.19. The topological polar surface area (TPSA) is 41.1 Å². The van der Waals surface area contributed by atoms with Crippen molar-refractivity contribution in [3.63, 3.8) is 0 Å². The fourth-order valence-electron chi connectivity index (χ4n) is 2.22. The minimum Gasteiger partial charge on any atom is -0.377 e. The van der Waals surface area contributed by atoms with Gasteiger partial charge in [0, 0.05) is 23.2 Å². The van der Waals surface area contributed by atoms with Gasteiger partial charge in [0.05, 0.1) is 6.04 Å². The van der Waals surface area contributed by atoms with Crippen molar-refractivity contribution in [2.75, 3.05) is 12.4 Å². The highest BCUT2D eigenvalue weighted by atomic mass is 32.1. The van der Waals surface area contributed by atoms with Gasteiger partial charge in [-0.2, -0.15) is 0 Å². The molecule has 1 aromatic carbocycles. The molecule has 1 heterocycles. The number of thiophene rings is 1. The van der Waals surface area contributed by atoms with Gasteiger partial charge < -0.3 is 10.6 Å². The number of hydrogen-bond acceptors (Lipinski definition) is 3. The molecule has 0 fully saturated rings. The van der Waals surface area contributed by atoms with Crippen LogP contribution in [0, 0.1) is 6.92 Å². The lowest BCUT2D eigenvalue weighted by Gasteiger charge is -2.19. The van der Waals surface area contributed by atoms with Crippen molar-refractivity contribution >= 4 is 22.9 Å². The predicted molar refractivity (Wildman–Crippen MR) is 85.5 cm³/mol. The van der Waals surface area contributed by atoms with Crippen molar-refractivity contribution in [1.82, 2.24) is 5.32 Å². The molecule has 0 bridgehead atoms. The van der Waals surface area contributed by atoms with Crippen LogP contribution in [0.15, 0.2) is 35.7 Å². The second-order valence-corrected chi connectivity index (χ2v) is 5.66. The van der Waals surface area contributed by atoms with Crippen LogP contribution < -0.4 is 10.6 Å². The summed E-state index contributed by atoms with van der Waals surface area (Å²) in [6.07, 6.45) is 1.00. The zero-order valence-electron chi connectivity index (χ0n) is 12.1. The Balaban J connectivity index is 2.27. The monoisotopic (exact) mass is 288 g/mol. The molecule has 1 atom stereocenters. The van der Waals surface area contributed by atoms with Crippen molar-refractivity contribution in [1.29, 1.82) is 0 Å². The Morgan fingerprint density at radius 3 is 2.70 bits per heavy atom. The Labute approximate surface area is 124 Å². The van der Waals surface area contributed by atoms with E-state index in [1.807, 2.05) is 25.1 Å². The van der Waals surface area contributed by atoms with Crippen molar-refractivity contribution < 1.29 is 4.79 Å². The second-order valence-electron chi connectivity index (χ2n) is 4.68. The molecule has 0 aliphatic heterocycles. The molecule has 20 heavy (non-hydrogen) atoms. The summed E-state index contributed by atoms with van der Waals surface area (Å²) >= 11 is 1.75. The number of anilines is 1. The van der Waals surface area contributed by atoms with E-state index in [1.54, 1.807) is 18.4 Å². The number of nitrogens with one attached hydrogen (secondary N) is 2. The van der Waals surface area contributed by atoms with E-state index in [9.17, 15) is 4.79 Å². The average molecular weight is 288 g/mol. The maximum Gasteiger partial charge on any atom is 0.251 e. The molecule has 0 saturated carbocycles. The zero-order valence-corrected chi connectivity index (χ0v) is 12.9. The molecule has 2 rings (SSSR count). The fourth-order valence-corrected chi connectivity index (χ4v) is 3.09. The van der Waals surface area contributed by atoms with Crippen LogP contribution in [0.4, 0.5) is 5.69 Å². The number of carbonyl (C=O) groups is 1. The average Bonchev–Trinajstić information content (AvgIpc) is 2.99. The van der Waals surface area contributed by atoms with Crippen LogP contribution in [-0.2, 0) is 0 Å². The van der Waals surface area contributed by atoms with Crippen LogP contribution in [0.2, 0.25) is 0 Å². The van der Waals surface area contributed by atoms with E-state index in [4.69, 9.17) is 0 Å². The van der Waals surface area contributed by atoms with Gasteiger partial charge in [-0.3, -0.25) is 4.79 Å². The van der Waals surface area contributed by atoms with Crippen LogP contribution in [-0.4, -0.2) is 13.0 Å². The summed E-state index contributed by atoms with van der Waals surface area (Å²) in [4.78, 5) is 13.2. The van der Waals surface area contributed by atoms with Gasteiger partial charge in [0.15, 0.2) is 0 Å². The SMILES string of the molecule is CCC(Nc1cccc(C(=O)NC)c1C)c1cccs1. The summed E-state index contributed by atoms with van der Waals surface area (Å²) < 4.78 is 0. The highest BCUT2D eigenvalue weighted by Gasteiger charge is 2.14. The molecule has 106 valence electrons. The number of hydrogen-bond donors (Lipinski definition) is 2. The molecule has 3 nitrogen and oxygen atoms in total. The van der Waals surface area contributed by atoms with Gasteiger partial charge in [-0.15, -0.1) is 11.3 Å². The molecule has 0 radical (unpaired) electrons. The fraction of sp³-hybridized carbons (Fsp3) is 0.312. The highest BCUT2D eigenvalue weighted by molar-refractivity contribution is 7.10. The molecule has 0 saturated heterocycles. The summed E-state index contributed by atoms with van der Waals surface area (Å²) in [5.74, 6) is -0.0460. The zero-order chi connectivity index (χ0) is 14.5.